The van der Waals surface area contributed by atoms with Gasteiger partial charge in [0.15, 0.2) is 10.9 Å². The molecule has 0 aliphatic heterocycles. The number of anilines is 2. The number of aromatic nitrogens is 2. The third kappa shape index (κ3) is 4.98. The molecule has 1 amide bonds. The highest BCUT2D eigenvalue weighted by Crippen LogP contribution is 2.32. The highest BCUT2D eigenvalue weighted by Gasteiger charge is 2.31. The van der Waals surface area contributed by atoms with E-state index in [-0.39, 0.29) is 29.7 Å². The molecule has 0 aliphatic rings. The summed E-state index contributed by atoms with van der Waals surface area (Å²) >= 11 is 7.04. The van der Waals surface area contributed by atoms with Crippen molar-refractivity contribution in [3.05, 3.63) is 46.6 Å². The number of nitrogens with one attached hydrogen (secondary N) is 2. The summed E-state index contributed by atoms with van der Waals surface area (Å²) in [5.74, 6) is 0.356. The molecule has 0 aliphatic carbocycles. The second kappa shape index (κ2) is 7.97. The first-order valence-corrected chi connectivity index (χ1v) is 8.84. The Morgan fingerprint density at radius 1 is 1.37 bits per heavy atom. The fraction of sp³-hybridized carbons (Fsp3) is 0.188. The van der Waals surface area contributed by atoms with Crippen LogP contribution in [0.2, 0.25) is 5.02 Å². The van der Waals surface area contributed by atoms with E-state index in [0.29, 0.717) is 22.8 Å². The van der Waals surface area contributed by atoms with E-state index in [1.54, 1.807) is 17.5 Å². The summed E-state index contributed by atoms with van der Waals surface area (Å²) in [6.07, 6.45) is -2.26. The number of carbonyl (C=O) groups excluding carboxylic acids is 1. The van der Waals surface area contributed by atoms with Crippen LogP contribution in [0.5, 0.6) is 0 Å². The van der Waals surface area contributed by atoms with Crippen LogP contribution in [-0.2, 0) is 11.0 Å². The molecule has 142 valence electrons. The average Bonchev–Trinajstić information content (AvgIpc) is 3.26. The predicted octanol–water partition coefficient (Wildman–Crippen LogP) is 4.91. The summed E-state index contributed by atoms with van der Waals surface area (Å²) in [6, 6.07) is 4.27. The Labute approximate surface area is 160 Å². The van der Waals surface area contributed by atoms with Crippen LogP contribution in [0.15, 0.2) is 40.5 Å². The number of alkyl halides is 3. The first-order chi connectivity index (χ1) is 12.8. The SMILES string of the molecule is O=C(CCNc1ncc(C(F)(F)F)cc1Cl)Nc1nc(-c2ccco2)cs1. The molecule has 0 fully saturated rings. The molecule has 3 rings (SSSR count). The van der Waals surface area contributed by atoms with Crippen LogP contribution in [-0.4, -0.2) is 22.4 Å². The molecule has 0 aromatic carbocycles. The quantitative estimate of drug-likeness (QED) is 0.596. The van der Waals surface area contributed by atoms with Gasteiger partial charge in [-0.15, -0.1) is 11.3 Å². The summed E-state index contributed by atoms with van der Waals surface area (Å²) in [5, 5.41) is 7.36. The maximum atomic E-state index is 12.6. The van der Waals surface area contributed by atoms with Crippen LogP contribution in [0.4, 0.5) is 24.1 Å². The van der Waals surface area contributed by atoms with E-state index < -0.39 is 11.7 Å². The van der Waals surface area contributed by atoms with E-state index in [1.165, 1.54) is 17.6 Å². The number of carbonyl (C=O) groups is 1. The van der Waals surface area contributed by atoms with Crippen LogP contribution < -0.4 is 10.6 Å². The van der Waals surface area contributed by atoms with Crippen molar-refractivity contribution in [2.45, 2.75) is 12.6 Å². The number of hydrogen-bond donors (Lipinski definition) is 2. The second-order valence-electron chi connectivity index (χ2n) is 5.29. The first-order valence-electron chi connectivity index (χ1n) is 7.59. The molecular formula is C16H12ClF3N4O2S. The lowest BCUT2D eigenvalue weighted by atomic mass is 10.2. The molecule has 0 saturated carbocycles. The Hall–Kier alpha value is -2.59. The Morgan fingerprint density at radius 3 is 2.85 bits per heavy atom. The summed E-state index contributed by atoms with van der Waals surface area (Å²) < 4.78 is 42.9. The fourth-order valence-corrected chi connectivity index (χ4v) is 3.02. The van der Waals surface area contributed by atoms with Gasteiger partial charge in [-0.25, -0.2) is 9.97 Å². The number of pyridine rings is 1. The first kappa shape index (κ1) is 19.2. The maximum Gasteiger partial charge on any atom is 0.417 e. The van der Waals surface area contributed by atoms with Gasteiger partial charge >= 0.3 is 6.18 Å². The van der Waals surface area contributed by atoms with Crippen LogP contribution in [0.25, 0.3) is 11.5 Å². The molecular weight excluding hydrogens is 405 g/mol. The minimum atomic E-state index is -4.52. The van der Waals surface area contributed by atoms with Crippen molar-refractivity contribution < 1.29 is 22.4 Å². The minimum absolute atomic E-state index is 0.0503. The standard InChI is InChI=1S/C16H12ClF3N4O2S/c17-10-6-9(16(18,19)20)7-22-14(10)21-4-3-13(25)24-15-23-11(8-27-15)12-2-1-5-26-12/h1-2,5-8H,3-4H2,(H,21,22)(H,23,24,25). The van der Waals surface area contributed by atoms with Crippen LogP contribution in [0.3, 0.4) is 0 Å². The van der Waals surface area contributed by atoms with Gasteiger partial charge in [0.05, 0.1) is 16.8 Å². The van der Waals surface area contributed by atoms with Gasteiger partial charge in [-0.3, -0.25) is 4.79 Å². The third-order valence-corrected chi connectivity index (χ3v) is 4.38. The van der Waals surface area contributed by atoms with Crippen molar-refractivity contribution >= 4 is 39.8 Å². The van der Waals surface area contributed by atoms with Crippen LogP contribution >= 0.6 is 22.9 Å². The van der Waals surface area contributed by atoms with Crippen LogP contribution in [0.1, 0.15) is 12.0 Å². The van der Waals surface area contributed by atoms with E-state index in [2.05, 4.69) is 20.6 Å². The molecule has 0 unspecified atom stereocenters. The normalized spacial score (nSPS) is 11.4. The molecule has 0 bridgehead atoms. The van der Waals surface area contributed by atoms with E-state index in [9.17, 15) is 18.0 Å². The molecule has 11 heteroatoms. The van der Waals surface area contributed by atoms with Crippen LogP contribution in [0, 0.1) is 0 Å². The summed E-state index contributed by atoms with van der Waals surface area (Å²) in [4.78, 5) is 19.8. The zero-order chi connectivity index (χ0) is 19.4. The highest BCUT2D eigenvalue weighted by molar-refractivity contribution is 7.14. The Bertz CT molecular complexity index is 928. The van der Waals surface area contributed by atoms with Gasteiger partial charge in [0.1, 0.15) is 11.5 Å². The predicted molar refractivity (Wildman–Crippen MR) is 95.8 cm³/mol. The number of nitrogens with zero attached hydrogens (tertiary/aromatic N) is 2. The van der Waals surface area contributed by atoms with Crippen molar-refractivity contribution in [1.82, 2.24) is 9.97 Å². The van der Waals surface area contributed by atoms with Gasteiger partial charge in [0.2, 0.25) is 5.91 Å². The molecule has 0 saturated heterocycles. The van der Waals surface area contributed by atoms with Gasteiger partial charge in [0, 0.05) is 24.5 Å². The number of hydrogen-bond acceptors (Lipinski definition) is 6. The molecule has 0 spiro atoms. The summed E-state index contributed by atoms with van der Waals surface area (Å²) in [5.41, 5.74) is -0.328. The topological polar surface area (TPSA) is 80.0 Å². The molecule has 2 N–H and O–H groups in total. The monoisotopic (exact) mass is 416 g/mol. The molecule has 3 heterocycles. The Kier molecular flexibility index (Phi) is 5.66. The largest absolute Gasteiger partial charge is 0.463 e. The van der Waals surface area contributed by atoms with E-state index in [0.717, 1.165) is 6.07 Å². The van der Waals surface area contributed by atoms with Gasteiger partial charge in [0.25, 0.3) is 0 Å². The van der Waals surface area contributed by atoms with E-state index in [1.807, 2.05) is 0 Å². The lowest BCUT2D eigenvalue weighted by Gasteiger charge is -2.10. The Balaban J connectivity index is 1.50. The highest BCUT2D eigenvalue weighted by atomic mass is 35.5. The van der Waals surface area contributed by atoms with Gasteiger partial charge in [-0.2, -0.15) is 13.2 Å². The minimum Gasteiger partial charge on any atom is -0.463 e. The lowest BCUT2D eigenvalue weighted by Crippen LogP contribution is -2.17. The number of thiazole rings is 1. The molecule has 0 atom stereocenters. The molecule has 27 heavy (non-hydrogen) atoms. The van der Waals surface area contributed by atoms with Gasteiger partial charge in [-0.1, -0.05) is 11.6 Å². The van der Waals surface area contributed by atoms with Crippen molar-refractivity contribution in [1.29, 1.82) is 0 Å². The van der Waals surface area contributed by atoms with E-state index in [4.69, 9.17) is 16.0 Å². The zero-order valence-electron chi connectivity index (χ0n) is 13.5. The van der Waals surface area contributed by atoms with Gasteiger partial charge < -0.3 is 15.1 Å². The van der Waals surface area contributed by atoms with Crippen molar-refractivity contribution in [3.63, 3.8) is 0 Å². The van der Waals surface area contributed by atoms with Crippen molar-refractivity contribution in [3.8, 4) is 11.5 Å². The maximum absolute atomic E-state index is 12.6. The lowest BCUT2D eigenvalue weighted by molar-refractivity contribution is -0.137. The molecule has 3 aromatic heterocycles. The zero-order valence-corrected chi connectivity index (χ0v) is 15.1. The summed E-state index contributed by atoms with van der Waals surface area (Å²) in [7, 11) is 0. The van der Waals surface area contributed by atoms with Crippen molar-refractivity contribution in [2.75, 3.05) is 17.2 Å². The second-order valence-corrected chi connectivity index (χ2v) is 6.56. The molecule has 6 nitrogen and oxygen atoms in total. The number of furan rings is 1. The third-order valence-electron chi connectivity index (χ3n) is 3.34. The number of rotatable bonds is 6. The molecule has 0 radical (unpaired) electrons. The fourth-order valence-electron chi connectivity index (χ4n) is 2.07. The number of amides is 1. The smallest absolute Gasteiger partial charge is 0.417 e. The van der Waals surface area contributed by atoms with Gasteiger partial charge in [-0.05, 0) is 18.2 Å². The Morgan fingerprint density at radius 2 is 2.19 bits per heavy atom. The summed E-state index contributed by atoms with van der Waals surface area (Å²) in [6.45, 7) is 0.139. The van der Waals surface area contributed by atoms with E-state index >= 15 is 0 Å². The van der Waals surface area contributed by atoms with Crippen molar-refractivity contribution in [2.24, 2.45) is 0 Å². The molecule has 3 aromatic rings. The number of halogens is 4. The average molecular weight is 417 g/mol.